The molecular formula is C16H15F3N6S. The predicted octanol–water partition coefficient (Wildman–Crippen LogP) is 3.20. The summed E-state index contributed by atoms with van der Waals surface area (Å²) < 4.78 is 40.5. The molecule has 0 saturated heterocycles. The number of hydrogen-bond donors (Lipinski definition) is 0. The molecule has 0 radical (unpaired) electrons. The van der Waals surface area contributed by atoms with Crippen molar-refractivity contribution in [1.82, 2.24) is 30.0 Å². The fraction of sp³-hybridized carbons (Fsp3) is 0.375. The summed E-state index contributed by atoms with van der Waals surface area (Å²) in [6.45, 7) is -1.20. The predicted molar refractivity (Wildman–Crippen MR) is 89.0 cm³/mol. The Morgan fingerprint density at radius 1 is 1.12 bits per heavy atom. The molecule has 10 heteroatoms. The topological polar surface area (TPSA) is 61.4 Å². The highest BCUT2D eigenvalue weighted by Gasteiger charge is 2.30. The van der Waals surface area contributed by atoms with Gasteiger partial charge in [-0.15, -0.1) is 5.10 Å². The number of benzene rings is 1. The van der Waals surface area contributed by atoms with Crippen LogP contribution in [0.25, 0.3) is 5.69 Å². The lowest BCUT2D eigenvalue weighted by atomic mass is 10.2. The maximum atomic E-state index is 12.6. The molecule has 0 spiro atoms. The minimum Gasteiger partial charge on any atom is -0.237 e. The van der Waals surface area contributed by atoms with Crippen molar-refractivity contribution in [3.8, 4) is 5.69 Å². The quantitative estimate of drug-likeness (QED) is 0.636. The average Bonchev–Trinajstić information content (AvgIpc) is 3.29. The Morgan fingerprint density at radius 2 is 1.92 bits per heavy atom. The number of para-hydroxylation sites is 1. The Kier molecular flexibility index (Phi) is 4.43. The van der Waals surface area contributed by atoms with Gasteiger partial charge in [0.15, 0.2) is 0 Å². The second kappa shape index (κ2) is 6.75. The van der Waals surface area contributed by atoms with Crippen LogP contribution in [-0.2, 0) is 25.1 Å². The van der Waals surface area contributed by atoms with Crippen LogP contribution in [0.5, 0.6) is 0 Å². The van der Waals surface area contributed by atoms with Gasteiger partial charge in [0.25, 0.3) is 0 Å². The molecule has 4 rings (SSSR count). The summed E-state index contributed by atoms with van der Waals surface area (Å²) in [5.41, 5.74) is 4.24. The Balaban J connectivity index is 1.56. The number of tetrazole rings is 1. The first-order valence-electron chi connectivity index (χ1n) is 8.12. The summed E-state index contributed by atoms with van der Waals surface area (Å²) in [4.78, 5) is 0. The molecule has 0 bridgehead atoms. The minimum atomic E-state index is -4.36. The zero-order chi connectivity index (χ0) is 18.1. The Hall–Kier alpha value is -2.36. The lowest BCUT2D eigenvalue weighted by Crippen LogP contribution is -2.19. The van der Waals surface area contributed by atoms with E-state index < -0.39 is 12.7 Å². The maximum Gasteiger partial charge on any atom is 0.408 e. The molecule has 3 aromatic rings. The van der Waals surface area contributed by atoms with Gasteiger partial charge in [-0.05, 0) is 47.4 Å². The monoisotopic (exact) mass is 380 g/mol. The van der Waals surface area contributed by atoms with Gasteiger partial charge in [-0.25, -0.2) is 9.36 Å². The summed E-state index contributed by atoms with van der Waals surface area (Å²) >= 11 is 1.17. The van der Waals surface area contributed by atoms with Crippen molar-refractivity contribution in [1.29, 1.82) is 0 Å². The number of nitrogens with zero attached hydrogens (tertiary/aromatic N) is 6. The van der Waals surface area contributed by atoms with Crippen molar-refractivity contribution in [3.05, 3.63) is 47.3 Å². The second-order valence-corrected chi connectivity index (χ2v) is 6.94. The first-order valence-corrected chi connectivity index (χ1v) is 9.10. The van der Waals surface area contributed by atoms with Gasteiger partial charge in [0.05, 0.1) is 11.4 Å². The highest BCUT2D eigenvalue weighted by atomic mass is 32.2. The average molecular weight is 380 g/mol. The lowest BCUT2D eigenvalue weighted by Gasteiger charge is -2.07. The van der Waals surface area contributed by atoms with Crippen molar-refractivity contribution in [2.75, 3.05) is 0 Å². The van der Waals surface area contributed by atoms with Crippen molar-refractivity contribution in [2.45, 2.75) is 42.9 Å². The summed E-state index contributed by atoms with van der Waals surface area (Å²) in [6, 6.07) is 9.85. The fourth-order valence-corrected chi connectivity index (χ4v) is 3.96. The molecule has 0 amide bonds. The van der Waals surface area contributed by atoms with Crippen LogP contribution in [0.4, 0.5) is 13.2 Å². The summed E-state index contributed by atoms with van der Waals surface area (Å²) in [7, 11) is 0. The molecule has 2 heterocycles. The van der Waals surface area contributed by atoms with Crippen LogP contribution < -0.4 is 0 Å². The molecule has 136 valence electrons. The molecule has 26 heavy (non-hydrogen) atoms. The third-order valence-corrected chi connectivity index (χ3v) is 5.15. The zero-order valence-electron chi connectivity index (χ0n) is 13.6. The van der Waals surface area contributed by atoms with E-state index in [2.05, 4.69) is 15.5 Å². The molecule has 0 fully saturated rings. The van der Waals surface area contributed by atoms with Gasteiger partial charge in [-0.1, -0.05) is 30.0 Å². The first kappa shape index (κ1) is 17.1. The van der Waals surface area contributed by atoms with E-state index >= 15 is 0 Å². The molecule has 1 aliphatic carbocycles. The maximum absolute atomic E-state index is 12.6. The third kappa shape index (κ3) is 3.46. The lowest BCUT2D eigenvalue weighted by molar-refractivity contribution is -0.144. The van der Waals surface area contributed by atoms with Gasteiger partial charge in [-0.2, -0.15) is 18.3 Å². The van der Waals surface area contributed by atoms with Gasteiger partial charge < -0.3 is 0 Å². The van der Waals surface area contributed by atoms with E-state index in [1.807, 2.05) is 35.0 Å². The van der Waals surface area contributed by atoms with Gasteiger partial charge in [-0.3, -0.25) is 0 Å². The van der Waals surface area contributed by atoms with Crippen LogP contribution in [0.1, 0.15) is 23.4 Å². The molecule has 0 saturated carbocycles. The highest BCUT2D eigenvalue weighted by Crippen LogP contribution is 2.31. The summed E-state index contributed by atoms with van der Waals surface area (Å²) in [5, 5.41) is 15.3. The normalized spacial score (nSPS) is 14.0. The number of aromatic nitrogens is 6. The molecule has 0 N–H and O–H groups in total. The van der Waals surface area contributed by atoms with Crippen LogP contribution in [0.15, 0.2) is 35.5 Å². The Bertz CT molecular complexity index is 903. The molecule has 1 aliphatic rings. The number of halogens is 3. The van der Waals surface area contributed by atoms with Crippen LogP contribution in [-0.4, -0.2) is 36.2 Å². The van der Waals surface area contributed by atoms with Gasteiger partial charge in [0, 0.05) is 11.4 Å². The molecule has 2 aromatic heterocycles. The Morgan fingerprint density at radius 3 is 2.69 bits per heavy atom. The number of hydrogen-bond acceptors (Lipinski definition) is 5. The number of rotatable bonds is 5. The molecular weight excluding hydrogens is 365 g/mol. The van der Waals surface area contributed by atoms with Crippen LogP contribution in [0, 0.1) is 0 Å². The van der Waals surface area contributed by atoms with Crippen molar-refractivity contribution < 1.29 is 13.2 Å². The van der Waals surface area contributed by atoms with Crippen molar-refractivity contribution in [2.24, 2.45) is 0 Å². The molecule has 0 unspecified atom stereocenters. The van der Waals surface area contributed by atoms with E-state index in [0.29, 0.717) is 5.75 Å². The largest absolute Gasteiger partial charge is 0.408 e. The van der Waals surface area contributed by atoms with E-state index in [-0.39, 0.29) is 5.16 Å². The van der Waals surface area contributed by atoms with Gasteiger partial charge in [0.1, 0.15) is 6.54 Å². The number of alkyl halides is 3. The highest BCUT2D eigenvalue weighted by molar-refractivity contribution is 7.98. The third-order valence-electron chi connectivity index (χ3n) is 4.18. The minimum absolute atomic E-state index is 0.142. The van der Waals surface area contributed by atoms with Gasteiger partial charge in [0.2, 0.25) is 5.16 Å². The van der Waals surface area contributed by atoms with Crippen LogP contribution in [0.3, 0.4) is 0 Å². The van der Waals surface area contributed by atoms with E-state index in [1.54, 1.807) is 0 Å². The molecule has 0 atom stereocenters. The van der Waals surface area contributed by atoms with Crippen LogP contribution >= 0.6 is 11.8 Å². The van der Waals surface area contributed by atoms with E-state index in [1.165, 1.54) is 23.0 Å². The fourth-order valence-electron chi connectivity index (χ4n) is 3.11. The summed E-state index contributed by atoms with van der Waals surface area (Å²) in [5.74, 6) is 0.431. The molecule has 6 nitrogen and oxygen atoms in total. The van der Waals surface area contributed by atoms with E-state index in [0.717, 1.165) is 35.3 Å². The second-order valence-electron chi connectivity index (χ2n) is 6.00. The van der Waals surface area contributed by atoms with E-state index in [9.17, 15) is 13.2 Å². The molecule has 0 aliphatic heterocycles. The van der Waals surface area contributed by atoms with Crippen molar-refractivity contribution in [3.63, 3.8) is 0 Å². The smallest absolute Gasteiger partial charge is 0.237 e. The molecule has 1 aromatic carbocycles. The van der Waals surface area contributed by atoms with E-state index in [4.69, 9.17) is 5.10 Å². The number of fused-ring (bicyclic) bond motifs is 1. The number of thioether (sulfide) groups is 1. The first-order chi connectivity index (χ1) is 12.5. The standard InChI is InChI=1S/C16H15F3N6S/c17-16(18,19)10-24-15(20-22-23-24)26-9-13-12-7-4-8-14(12)25(21-13)11-5-2-1-3-6-11/h1-3,5-6H,4,7-10H2. The Labute approximate surface area is 151 Å². The zero-order valence-corrected chi connectivity index (χ0v) is 14.5. The SMILES string of the molecule is FC(F)(F)Cn1nnnc1SCc1nn(-c2ccccc2)c2c1CCC2. The van der Waals surface area contributed by atoms with Crippen molar-refractivity contribution >= 4 is 11.8 Å². The summed E-state index contributed by atoms with van der Waals surface area (Å²) in [6.07, 6.45) is -1.41. The van der Waals surface area contributed by atoms with Gasteiger partial charge >= 0.3 is 6.18 Å². The van der Waals surface area contributed by atoms with Crippen LogP contribution in [0.2, 0.25) is 0 Å².